The molecule has 13 heavy (non-hydrogen) atoms. The van der Waals surface area contributed by atoms with Crippen molar-refractivity contribution in [2.45, 2.75) is 13.0 Å². The third-order valence-corrected chi connectivity index (χ3v) is 2.29. The van der Waals surface area contributed by atoms with Gasteiger partial charge in [-0.05, 0) is 23.6 Å². The second-order valence-corrected chi connectivity index (χ2v) is 3.28. The van der Waals surface area contributed by atoms with Gasteiger partial charge in [-0.3, -0.25) is 0 Å². The summed E-state index contributed by atoms with van der Waals surface area (Å²) in [6.45, 7) is 1.21. The molecule has 0 amide bonds. The van der Waals surface area contributed by atoms with Crippen LogP contribution in [0.25, 0.3) is 0 Å². The zero-order chi connectivity index (χ0) is 9.68. The molecule has 0 heterocycles. The first kappa shape index (κ1) is 10.5. The van der Waals surface area contributed by atoms with E-state index in [2.05, 4.69) is 0 Å². The van der Waals surface area contributed by atoms with Crippen LogP contribution in [0.5, 0.6) is 0 Å². The second kappa shape index (κ2) is 5.22. The van der Waals surface area contributed by atoms with Crippen LogP contribution in [0, 0.1) is 0 Å². The summed E-state index contributed by atoms with van der Waals surface area (Å²) in [6.07, 6.45) is 0.903. The zero-order valence-electron chi connectivity index (χ0n) is 7.72. The quantitative estimate of drug-likeness (QED) is 0.805. The minimum atomic E-state index is 0.486. The van der Waals surface area contributed by atoms with Crippen molar-refractivity contribution in [1.82, 2.24) is 0 Å². The van der Waals surface area contributed by atoms with E-state index >= 15 is 0 Å². The molecule has 0 fully saturated rings. The van der Waals surface area contributed by atoms with Crippen LogP contribution in [-0.2, 0) is 17.7 Å². The molecule has 1 aromatic rings. The van der Waals surface area contributed by atoms with Crippen molar-refractivity contribution in [2.24, 2.45) is 5.73 Å². The summed E-state index contributed by atoms with van der Waals surface area (Å²) < 4.78 is 4.99. The Morgan fingerprint density at radius 2 is 2.23 bits per heavy atom. The molecular weight excluding hydrogens is 186 g/mol. The van der Waals surface area contributed by atoms with E-state index in [0.29, 0.717) is 6.54 Å². The van der Waals surface area contributed by atoms with Gasteiger partial charge in [0.25, 0.3) is 0 Å². The van der Waals surface area contributed by atoms with E-state index in [1.807, 2.05) is 18.2 Å². The van der Waals surface area contributed by atoms with Gasteiger partial charge >= 0.3 is 0 Å². The minimum absolute atomic E-state index is 0.486. The molecule has 0 aliphatic heterocycles. The lowest BCUT2D eigenvalue weighted by Gasteiger charge is -2.05. The maximum absolute atomic E-state index is 5.92. The third-order valence-electron chi connectivity index (χ3n) is 1.92. The van der Waals surface area contributed by atoms with Crippen molar-refractivity contribution in [1.29, 1.82) is 0 Å². The van der Waals surface area contributed by atoms with Crippen molar-refractivity contribution < 1.29 is 4.74 Å². The smallest absolute Gasteiger partial charge is 0.0502 e. The van der Waals surface area contributed by atoms with Crippen LogP contribution in [0.3, 0.4) is 0 Å². The molecule has 0 bridgehead atoms. The van der Waals surface area contributed by atoms with Crippen LogP contribution >= 0.6 is 11.6 Å². The van der Waals surface area contributed by atoms with Crippen molar-refractivity contribution in [3.05, 3.63) is 34.3 Å². The molecule has 0 aliphatic carbocycles. The summed E-state index contributed by atoms with van der Waals surface area (Å²) in [5.41, 5.74) is 7.74. The molecule has 2 N–H and O–H groups in total. The number of benzene rings is 1. The Hall–Kier alpha value is -0.570. The molecule has 1 rings (SSSR count). The summed E-state index contributed by atoms with van der Waals surface area (Å²) >= 11 is 5.92. The third kappa shape index (κ3) is 2.99. The zero-order valence-corrected chi connectivity index (χ0v) is 8.47. The SMILES string of the molecule is COCCc1ccc(Cl)c(CN)c1. The van der Waals surface area contributed by atoms with Crippen LogP contribution in [-0.4, -0.2) is 13.7 Å². The molecule has 1 aromatic carbocycles. The number of ether oxygens (including phenoxy) is 1. The van der Waals surface area contributed by atoms with Crippen molar-refractivity contribution in [3.63, 3.8) is 0 Å². The molecule has 0 spiro atoms. The Balaban J connectivity index is 2.74. The van der Waals surface area contributed by atoms with Gasteiger partial charge in [0, 0.05) is 18.7 Å². The molecule has 0 aliphatic rings. The van der Waals surface area contributed by atoms with Gasteiger partial charge in [0.1, 0.15) is 0 Å². The van der Waals surface area contributed by atoms with Crippen LogP contribution < -0.4 is 5.73 Å². The first-order chi connectivity index (χ1) is 6.27. The van der Waals surface area contributed by atoms with Gasteiger partial charge in [-0.1, -0.05) is 23.7 Å². The standard InChI is InChI=1S/C10H14ClNO/c1-13-5-4-8-2-3-10(11)9(6-8)7-12/h2-3,6H,4-5,7,12H2,1H3. The fourth-order valence-electron chi connectivity index (χ4n) is 1.16. The fraction of sp³-hybridized carbons (Fsp3) is 0.400. The van der Waals surface area contributed by atoms with Gasteiger partial charge in [-0.25, -0.2) is 0 Å². The molecule has 0 saturated heterocycles. The highest BCUT2D eigenvalue weighted by Gasteiger charge is 1.99. The minimum Gasteiger partial charge on any atom is -0.384 e. The van der Waals surface area contributed by atoms with E-state index in [0.717, 1.165) is 23.6 Å². The van der Waals surface area contributed by atoms with Crippen molar-refractivity contribution in [2.75, 3.05) is 13.7 Å². The normalized spacial score (nSPS) is 10.4. The molecule has 0 unspecified atom stereocenters. The van der Waals surface area contributed by atoms with Gasteiger partial charge < -0.3 is 10.5 Å². The Morgan fingerprint density at radius 3 is 2.85 bits per heavy atom. The summed E-state index contributed by atoms with van der Waals surface area (Å²) in [5.74, 6) is 0. The van der Waals surface area contributed by atoms with Crippen molar-refractivity contribution >= 4 is 11.6 Å². The summed E-state index contributed by atoms with van der Waals surface area (Å²) in [4.78, 5) is 0. The molecule has 0 aromatic heterocycles. The van der Waals surface area contributed by atoms with Crippen molar-refractivity contribution in [3.8, 4) is 0 Å². The van der Waals surface area contributed by atoms with Gasteiger partial charge in [0.2, 0.25) is 0 Å². The predicted molar refractivity (Wildman–Crippen MR) is 54.9 cm³/mol. The number of rotatable bonds is 4. The largest absolute Gasteiger partial charge is 0.384 e. The first-order valence-corrected chi connectivity index (χ1v) is 4.62. The topological polar surface area (TPSA) is 35.2 Å². The number of hydrogen-bond donors (Lipinski definition) is 1. The highest BCUT2D eigenvalue weighted by molar-refractivity contribution is 6.31. The number of methoxy groups -OCH3 is 1. The maximum Gasteiger partial charge on any atom is 0.0502 e. The van der Waals surface area contributed by atoms with Gasteiger partial charge in [-0.15, -0.1) is 0 Å². The van der Waals surface area contributed by atoms with Crippen LogP contribution in [0.1, 0.15) is 11.1 Å². The highest BCUT2D eigenvalue weighted by Crippen LogP contribution is 2.17. The van der Waals surface area contributed by atoms with Gasteiger partial charge in [0.15, 0.2) is 0 Å². The van der Waals surface area contributed by atoms with E-state index in [4.69, 9.17) is 22.1 Å². The van der Waals surface area contributed by atoms with Crippen LogP contribution in [0.2, 0.25) is 5.02 Å². The first-order valence-electron chi connectivity index (χ1n) is 4.24. The van der Waals surface area contributed by atoms with E-state index in [-0.39, 0.29) is 0 Å². The Morgan fingerprint density at radius 1 is 1.46 bits per heavy atom. The molecule has 2 nitrogen and oxygen atoms in total. The Kier molecular flexibility index (Phi) is 4.22. The summed E-state index contributed by atoms with van der Waals surface area (Å²) in [6, 6.07) is 5.91. The molecular formula is C10H14ClNO. The van der Waals surface area contributed by atoms with Crippen LogP contribution in [0.15, 0.2) is 18.2 Å². The highest BCUT2D eigenvalue weighted by atomic mass is 35.5. The van der Waals surface area contributed by atoms with Crippen LogP contribution in [0.4, 0.5) is 0 Å². The van der Waals surface area contributed by atoms with Gasteiger partial charge in [0.05, 0.1) is 6.61 Å². The number of halogens is 1. The lowest BCUT2D eigenvalue weighted by molar-refractivity contribution is 0.202. The van der Waals surface area contributed by atoms with E-state index in [1.54, 1.807) is 7.11 Å². The second-order valence-electron chi connectivity index (χ2n) is 2.87. The summed E-state index contributed by atoms with van der Waals surface area (Å²) in [5, 5.41) is 0.740. The Labute approximate surface area is 83.6 Å². The average Bonchev–Trinajstić information content (AvgIpc) is 2.16. The average molecular weight is 200 g/mol. The van der Waals surface area contributed by atoms with Gasteiger partial charge in [-0.2, -0.15) is 0 Å². The molecule has 0 saturated carbocycles. The lowest BCUT2D eigenvalue weighted by atomic mass is 10.1. The molecule has 0 atom stereocenters. The fourth-order valence-corrected chi connectivity index (χ4v) is 1.35. The van der Waals surface area contributed by atoms with E-state index in [9.17, 15) is 0 Å². The van der Waals surface area contributed by atoms with E-state index in [1.165, 1.54) is 5.56 Å². The van der Waals surface area contributed by atoms with E-state index < -0.39 is 0 Å². The molecule has 3 heteroatoms. The molecule has 72 valence electrons. The predicted octanol–water partition coefficient (Wildman–Crippen LogP) is 1.99. The molecule has 0 radical (unpaired) electrons. The number of hydrogen-bond acceptors (Lipinski definition) is 2. The Bertz CT molecular complexity index is 276. The monoisotopic (exact) mass is 199 g/mol. The summed E-state index contributed by atoms with van der Waals surface area (Å²) in [7, 11) is 1.69. The lowest BCUT2D eigenvalue weighted by Crippen LogP contribution is -2.00. The number of nitrogens with two attached hydrogens (primary N) is 1. The maximum atomic E-state index is 5.92.